The second kappa shape index (κ2) is 10.5. The third-order valence-electron chi connectivity index (χ3n) is 5.17. The van der Waals surface area contributed by atoms with Crippen LogP contribution in [0.3, 0.4) is 0 Å². The van der Waals surface area contributed by atoms with Gasteiger partial charge in [-0.25, -0.2) is 13.6 Å². The molecule has 1 heterocycles. The molecule has 2 aromatic carbocycles. The van der Waals surface area contributed by atoms with Gasteiger partial charge in [0.05, 0.1) is 5.02 Å². The predicted molar refractivity (Wildman–Crippen MR) is 126 cm³/mol. The number of fused-ring (bicyclic) bond motifs is 1. The average molecular weight is 527 g/mol. The topological polar surface area (TPSA) is 142 Å². The van der Waals surface area contributed by atoms with Gasteiger partial charge in [0.25, 0.3) is 0 Å². The van der Waals surface area contributed by atoms with Crippen molar-refractivity contribution in [1.82, 2.24) is 0 Å². The number of primary amides is 1. The van der Waals surface area contributed by atoms with Crippen LogP contribution in [-0.2, 0) is 22.7 Å². The summed E-state index contributed by atoms with van der Waals surface area (Å²) in [5.74, 6) is -6.26. The number of hydrogen-bond acceptors (Lipinski definition) is 7. The molecule has 0 saturated heterocycles. The Labute approximate surface area is 207 Å². The molecule has 0 unspecified atom stereocenters. The smallest absolute Gasteiger partial charge is 0.346 e. The molecule has 8 nitrogen and oxygen atoms in total. The lowest BCUT2D eigenvalue weighted by Gasteiger charge is -2.15. The van der Waals surface area contributed by atoms with Crippen molar-refractivity contribution in [2.75, 3.05) is 0 Å². The van der Waals surface area contributed by atoms with E-state index in [0.29, 0.717) is 22.4 Å². The summed E-state index contributed by atoms with van der Waals surface area (Å²) in [5, 5.41) is 10.0. The normalized spacial score (nSPS) is 12.1. The van der Waals surface area contributed by atoms with Crippen LogP contribution >= 0.6 is 22.9 Å². The number of carbonyl (C=O) groups is 3. The highest BCUT2D eigenvalue weighted by molar-refractivity contribution is 7.21. The van der Waals surface area contributed by atoms with Crippen molar-refractivity contribution in [3.63, 3.8) is 0 Å². The number of amides is 1. The van der Waals surface area contributed by atoms with Gasteiger partial charge in [-0.3, -0.25) is 9.59 Å². The van der Waals surface area contributed by atoms with Gasteiger partial charge in [0, 0.05) is 26.8 Å². The Morgan fingerprint density at radius 1 is 1.14 bits per heavy atom. The van der Waals surface area contributed by atoms with Crippen molar-refractivity contribution >= 4 is 50.9 Å². The third-order valence-corrected chi connectivity index (χ3v) is 6.79. The molecule has 3 rings (SSSR count). The van der Waals surface area contributed by atoms with E-state index in [9.17, 15) is 28.3 Å². The van der Waals surface area contributed by atoms with Gasteiger partial charge in [-0.05, 0) is 24.1 Å². The minimum absolute atomic E-state index is 0.0762. The zero-order valence-electron chi connectivity index (χ0n) is 18.6. The molecule has 1 atom stereocenters. The number of aromatic carboxylic acids is 1. The molecular formula is C23H21ClF2N2O6S. The minimum atomic E-state index is -1.29. The van der Waals surface area contributed by atoms with Crippen LogP contribution in [0.5, 0.6) is 5.75 Å². The number of ether oxygens (including phenoxy) is 2. The molecule has 5 N–H and O–H groups in total. The van der Waals surface area contributed by atoms with E-state index in [-0.39, 0.29) is 38.9 Å². The van der Waals surface area contributed by atoms with Gasteiger partial charge >= 0.3 is 11.9 Å². The Bertz CT molecular complexity index is 1300. The number of carboxylic acids is 1. The summed E-state index contributed by atoms with van der Waals surface area (Å²) in [7, 11) is 0. The van der Waals surface area contributed by atoms with Gasteiger partial charge in [-0.2, -0.15) is 0 Å². The summed E-state index contributed by atoms with van der Waals surface area (Å²) in [5.41, 5.74) is 10.9. The molecule has 186 valence electrons. The van der Waals surface area contributed by atoms with E-state index < -0.39 is 47.9 Å². The van der Waals surface area contributed by atoms with Crippen LogP contribution in [-0.4, -0.2) is 29.0 Å². The fourth-order valence-corrected chi connectivity index (χ4v) is 4.62. The molecule has 3 aromatic rings. The van der Waals surface area contributed by atoms with Crippen molar-refractivity contribution < 1.29 is 37.7 Å². The molecule has 1 amide bonds. The second-order valence-corrected chi connectivity index (χ2v) is 9.36. The summed E-state index contributed by atoms with van der Waals surface area (Å²) < 4.78 is 39.7. The monoisotopic (exact) mass is 526 g/mol. The fraction of sp³-hybridized carbons (Fsp3) is 0.261. The maximum absolute atomic E-state index is 14.3. The van der Waals surface area contributed by atoms with Crippen molar-refractivity contribution in [2.45, 2.75) is 33.1 Å². The lowest BCUT2D eigenvalue weighted by Crippen LogP contribution is -2.36. The van der Waals surface area contributed by atoms with Gasteiger partial charge in [-0.15, -0.1) is 11.3 Å². The first-order valence-corrected chi connectivity index (χ1v) is 11.4. The first-order valence-electron chi connectivity index (χ1n) is 10.2. The van der Waals surface area contributed by atoms with E-state index in [1.165, 1.54) is 0 Å². The molecular weight excluding hydrogens is 506 g/mol. The Kier molecular flexibility index (Phi) is 7.93. The number of esters is 1. The number of carbonyl (C=O) groups excluding carboxylic acids is 2. The molecule has 0 aliphatic rings. The molecule has 12 heteroatoms. The van der Waals surface area contributed by atoms with Crippen LogP contribution in [0.1, 0.15) is 45.0 Å². The van der Waals surface area contributed by atoms with Crippen LogP contribution in [0.15, 0.2) is 24.3 Å². The van der Waals surface area contributed by atoms with Gasteiger partial charge in [-0.1, -0.05) is 31.5 Å². The molecule has 0 saturated carbocycles. The second-order valence-electron chi connectivity index (χ2n) is 7.93. The predicted octanol–water partition coefficient (Wildman–Crippen LogP) is 4.24. The SMILES string of the molecule is CC(C)[C@H](N)C(=O)OCc1ccc2sc(C(=O)O)c(COc3c(F)cc(C(N)=O)cc3F)c2c1Cl. The van der Waals surface area contributed by atoms with Crippen LogP contribution in [0.2, 0.25) is 5.02 Å². The molecule has 0 aliphatic carbocycles. The highest BCUT2D eigenvalue weighted by Crippen LogP contribution is 2.39. The Balaban J connectivity index is 1.96. The third kappa shape index (κ3) is 5.53. The molecule has 0 radical (unpaired) electrons. The van der Waals surface area contributed by atoms with Crippen LogP contribution in [0, 0.1) is 17.6 Å². The van der Waals surface area contributed by atoms with Crippen molar-refractivity contribution in [1.29, 1.82) is 0 Å². The van der Waals surface area contributed by atoms with E-state index in [1.807, 2.05) is 0 Å². The summed E-state index contributed by atoms with van der Waals surface area (Å²) in [6.07, 6.45) is 0. The maximum atomic E-state index is 14.3. The maximum Gasteiger partial charge on any atom is 0.346 e. The zero-order chi connectivity index (χ0) is 26.0. The first-order chi connectivity index (χ1) is 16.4. The highest BCUT2D eigenvalue weighted by atomic mass is 35.5. The van der Waals surface area contributed by atoms with Gasteiger partial charge in [0.2, 0.25) is 5.91 Å². The van der Waals surface area contributed by atoms with E-state index in [1.54, 1.807) is 26.0 Å². The van der Waals surface area contributed by atoms with E-state index in [4.69, 9.17) is 32.5 Å². The van der Waals surface area contributed by atoms with Gasteiger partial charge < -0.3 is 26.0 Å². The number of benzene rings is 2. The zero-order valence-corrected chi connectivity index (χ0v) is 20.1. The quantitative estimate of drug-likeness (QED) is 0.354. The first kappa shape index (κ1) is 26.3. The Morgan fingerprint density at radius 3 is 2.31 bits per heavy atom. The number of nitrogens with two attached hydrogens (primary N) is 2. The average Bonchev–Trinajstić information content (AvgIpc) is 3.16. The van der Waals surface area contributed by atoms with Crippen molar-refractivity contribution in [3.8, 4) is 5.75 Å². The van der Waals surface area contributed by atoms with Crippen LogP contribution < -0.4 is 16.2 Å². The van der Waals surface area contributed by atoms with E-state index in [0.717, 1.165) is 11.3 Å². The molecule has 0 fully saturated rings. The van der Waals surface area contributed by atoms with Crippen molar-refractivity contribution in [3.05, 3.63) is 62.5 Å². The number of thiophene rings is 1. The summed E-state index contributed by atoms with van der Waals surface area (Å²) in [6, 6.07) is 3.77. The van der Waals surface area contributed by atoms with Gasteiger partial charge in [0.15, 0.2) is 17.4 Å². The van der Waals surface area contributed by atoms with Gasteiger partial charge in [0.1, 0.15) is 24.1 Å². The lowest BCUT2D eigenvalue weighted by molar-refractivity contribution is -0.147. The number of halogens is 3. The van der Waals surface area contributed by atoms with Crippen LogP contribution in [0.25, 0.3) is 10.1 Å². The largest absolute Gasteiger partial charge is 0.483 e. The summed E-state index contributed by atoms with van der Waals surface area (Å²) >= 11 is 7.42. The number of hydrogen-bond donors (Lipinski definition) is 3. The molecule has 35 heavy (non-hydrogen) atoms. The minimum Gasteiger partial charge on any atom is -0.483 e. The number of carboxylic acid groups (broad SMARTS) is 1. The fourth-order valence-electron chi connectivity index (χ4n) is 3.18. The summed E-state index contributed by atoms with van der Waals surface area (Å²) in [4.78, 5) is 35.0. The van der Waals surface area contributed by atoms with E-state index >= 15 is 0 Å². The molecule has 1 aromatic heterocycles. The van der Waals surface area contributed by atoms with Crippen molar-refractivity contribution in [2.24, 2.45) is 17.4 Å². The van der Waals surface area contributed by atoms with E-state index in [2.05, 4.69) is 0 Å². The highest BCUT2D eigenvalue weighted by Gasteiger charge is 2.24. The van der Waals surface area contributed by atoms with Crippen LogP contribution in [0.4, 0.5) is 8.78 Å². The Morgan fingerprint density at radius 2 is 1.77 bits per heavy atom. The summed E-state index contributed by atoms with van der Waals surface area (Å²) in [6.45, 7) is 2.77. The Hall–Kier alpha value is -3.28. The molecule has 0 aliphatic heterocycles. The molecule has 0 bridgehead atoms. The lowest BCUT2D eigenvalue weighted by atomic mass is 10.1. The standard InChI is InChI=1S/C23H21ClF2N2O6S/c1-9(2)18(27)23(32)34-7-10-3-4-15-16(17(10)24)12(20(35-15)22(30)31)8-33-19-13(25)5-11(21(28)29)6-14(19)26/h3-6,9,18H,7-8,27H2,1-2H3,(H2,28,29)(H,30,31)/t18-/m0/s1. The number of rotatable bonds is 9. The molecule has 0 spiro atoms.